The average Bonchev–Trinajstić information content (AvgIpc) is 2.62. The van der Waals surface area contributed by atoms with Gasteiger partial charge in [-0.1, -0.05) is 13.0 Å². The van der Waals surface area contributed by atoms with Gasteiger partial charge in [-0.3, -0.25) is 9.79 Å². The predicted octanol–water partition coefficient (Wildman–Crippen LogP) is 1.48. The van der Waals surface area contributed by atoms with Gasteiger partial charge in [-0.2, -0.15) is 0 Å². The van der Waals surface area contributed by atoms with Crippen molar-refractivity contribution >= 4 is 41.7 Å². The van der Waals surface area contributed by atoms with E-state index in [0.29, 0.717) is 13.1 Å². The van der Waals surface area contributed by atoms with E-state index in [0.717, 1.165) is 49.7 Å². The number of carbonyl (C=O) groups excluding carboxylic acids is 1. The van der Waals surface area contributed by atoms with Crippen LogP contribution in [0.2, 0.25) is 0 Å². The summed E-state index contributed by atoms with van der Waals surface area (Å²) in [5, 5.41) is 6.57. The molecule has 1 aromatic heterocycles. The second-order valence-electron chi connectivity index (χ2n) is 6.03. The lowest BCUT2D eigenvalue weighted by molar-refractivity contribution is -0.122. The Labute approximate surface area is 166 Å². The van der Waals surface area contributed by atoms with Gasteiger partial charge < -0.3 is 21.3 Å². The molecule has 140 valence electrons. The minimum absolute atomic E-state index is 0. The molecule has 1 aromatic rings. The van der Waals surface area contributed by atoms with Gasteiger partial charge in [-0.25, -0.2) is 4.98 Å². The molecule has 0 saturated carbocycles. The van der Waals surface area contributed by atoms with Crippen LogP contribution in [-0.2, 0) is 11.3 Å². The lowest BCUT2D eigenvalue weighted by Gasteiger charge is -2.33. The topological polar surface area (TPSA) is 95.6 Å². The average molecular weight is 460 g/mol. The maximum absolute atomic E-state index is 11.5. The normalized spacial score (nSPS) is 17.6. The van der Waals surface area contributed by atoms with Crippen LogP contribution in [0.15, 0.2) is 23.3 Å². The number of hydrogen-bond acceptors (Lipinski definition) is 4. The van der Waals surface area contributed by atoms with Gasteiger partial charge in [0, 0.05) is 45.0 Å². The zero-order chi connectivity index (χ0) is 17.4. The number of piperidine rings is 1. The highest BCUT2D eigenvalue weighted by Gasteiger charge is 2.25. The molecule has 0 radical (unpaired) electrons. The van der Waals surface area contributed by atoms with E-state index in [-0.39, 0.29) is 35.8 Å². The molecule has 0 bridgehead atoms. The first-order valence-corrected chi connectivity index (χ1v) is 8.58. The first kappa shape index (κ1) is 21.5. The molecule has 1 aliphatic heterocycles. The summed E-state index contributed by atoms with van der Waals surface area (Å²) in [5.41, 5.74) is 6.57. The molecular weight excluding hydrogens is 431 g/mol. The van der Waals surface area contributed by atoms with E-state index in [1.807, 2.05) is 6.07 Å². The molecule has 7 nitrogen and oxygen atoms in total. The molecule has 1 fully saturated rings. The SMILES string of the molecule is CCCNC(=NC)NCc1cccnc1N1CCCC(C(N)=O)C1.I. The summed E-state index contributed by atoms with van der Waals surface area (Å²) < 4.78 is 0. The number of nitrogens with one attached hydrogen (secondary N) is 2. The number of anilines is 1. The predicted molar refractivity (Wildman–Crippen MR) is 112 cm³/mol. The number of primary amides is 1. The Bertz CT molecular complexity index is 580. The molecule has 1 amide bonds. The molecule has 1 unspecified atom stereocenters. The molecule has 1 aliphatic rings. The van der Waals surface area contributed by atoms with E-state index < -0.39 is 0 Å². The van der Waals surface area contributed by atoms with Crippen molar-refractivity contribution in [2.24, 2.45) is 16.6 Å². The van der Waals surface area contributed by atoms with Gasteiger partial charge in [0.15, 0.2) is 5.96 Å². The standard InChI is InChI=1S/C17H28N6O.HI/c1-3-8-21-17(19-2)22-11-13-6-4-9-20-16(13)23-10-5-7-14(12-23)15(18)24;/h4,6,9,14H,3,5,7-8,10-12H2,1-2H3,(H2,18,24)(H2,19,21,22);1H. The Kier molecular flexibility index (Phi) is 9.54. The summed E-state index contributed by atoms with van der Waals surface area (Å²) in [4.78, 5) is 22.4. The smallest absolute Gasteiger partial charge is 0.222 e. The van der Waals surface area contributed by atoms with Gasteiger partial charge in [0.25, 0.3) is 0 Å². The number of nitrogens with two attached hydrogens (primary N) is 1. The Hall–Kier alpha value is -1.58. The van der Waals surface area contributed by atoms with E-state index in [2.05, 4.69) is 38.5 Å². The molecule has 1 atom stereocenters. The lowest BCUT2D eigenvalue weighted by atomic mass is 9.97. The van der Waals surface area contributed by atoms with Crippen molar-refractivity contribution in [3.63, 3.8) is 0 Å². The third-order valence-corrected chi connectivity index (χ3v) is 4.20. The number of rotatable bonds is 6. The van der Waals surface area contributed by atoms with Gasteiger partial charge in [-0.05, 0) is 25.3 Å². The second kappa shape index (κ2) is 11.1. The summed E-state index contributed by atoms with van der Waals surface area (Å²) >= 11 is 0. The summed E-state index contributed by atoms with van der Waals surface area (Å²) in [6.07, 6.45) is 4.65. The maximum Gasteiger partial charge on any atom is 0.222 e. The van der Waals surface area contributed by atoms with E-state index in [4.69, 9.17) is 5.73 Å². The number of aliphatic imine (C=N–C) groups is 1. The zero-order valence-corrected chi connectivity index (χ0v) is 17.3. The molecule has 0 aliphatic carbocycles. The molecule has 2 rings (SSSR count). The van der Waals surface area contributed by atoms with Crippen LogP contribution >= 0.6 is 24.0 Å². The molecule has 25 heavy (non-hydrogen) atoms. The van der Waals surface area contributed by atoms with Crippen LogP contribution in [-0.4, -0.2) is 43.5 Å². The highest BCUT2D eigenvalue weighted by molar-refractivity contribution is 14.0. The van der Waals surface area contributed by atoms with Crippen molar-refractivity contribution < 1.29 is 4.79 Å². The third kappa shape index (κ3) is 6.33. The number of pyridine rings is 1. The third-order valence-electron chi connectivity index (χ3n) is 4.20. The number of halogens is 1. The fraction of sp³-hybridized carbons (Fsp3) is 0.588. The van der Waals surface area contributed by atoms with Crippen molar-refractivity contribution in [2.75, 3.05) is 31.6 Å². The van der Waals surface area contributed by atoms with Crippen LogP contribution in [0, 0.1) is 5.92 Å². The number of aromatic nitrogens is 1. The van der Waals surface area contributed by atoms with Crippen LogP contribution in [0.3, 0.4) is 0 Å². The van der Waals surface area contributed by atoms with Crippen molar-refractivity contribution in [3.05, 3.63) is 23.9 Å². The van der Waals surface area contributed by atoms with E-state index in [9.17, 15) is 4.79 Å². The van der Waals surface area contributed by atoms with Crippen molar-refractivity contribution in [2.45, 2.75) is 32.7 Å². The van der Waals surface area contributed by atoms with Crippen LogP contribution < -0.4 is 21.3 Å². The van der Waals surface area contributed by atoms with Gasteiger partial charge in [0.2, 0.25) is 5.91 Å². The largest absolute Gasteiger partial charge is 0.369 e. The first-order valence-electron chi connectivity index (χ1n) is 8.58. The van der Waals surface area contributed by atoms with E-state index >= 15 is 0 Å². The second-order valence-corrected chi connectivity index (χ2v) is 6.03. The highest BCUT2D eigenvalue weighted by atomic mass is 127. The number of hydrogen-bond donors (Lipinski definition) is 3. The summed E-state index contributed by atoms with van der Waals surface area (Å²) in [5.74, 6) is 1.38. The Morgan fingerprint density at radius 3 is 2.96 bits per heavy atom. The Morgan fingerprint density at radius 1 is 1.48 bits per heavy atom. The molecule has 8 heteroatoms. The van der Waals surface area contributed by atoms with Crippen LogP contribution in [0.25, 0.3) is 0 Å². The van der Waals surface area contributed by atoms with Crippen molar-refractivity contribution in [3.8, 4) is 0 Å². The monoisotopic (exact) mass is 460 g/mol. The zero-order valence-electron chi connectivity index (χ0n) is 15.0. The van der Waals surface area contributed by atoms with Crippen molar-refractivity contribution in [1.29, 1.82) is 0 Å². The van der Waals surface area contributed by atoms with Gasteiger partial charge in [0.05, 0.1) is 5.92 Å². The van der Waals surface area contributed by atoms with Gasteiger partial charge in [-0.15, -0.1) is 24.0 Å². The number of guanidine groups is 1. The quantitative estimate of drug-likeness (QED) is 0.340. The lowest BCUT2D eigenvalue weighted by Crippen LogP contribution is -2.42. The maximum atomic E-state index is 11.5. The summed E-state index contributed by atoms with van der Waals surface area (Å²) in [6.45, 7) is 5.17. The molecule has 4 N–H and O–H groups in total. The Morgan fingerprint density at radius 2 is 2.28 bits per heavy atom. The highest BCUT2D eigenvalue weighted by Crippen LogP contribution is 2.24. The summed E-state index contributed by atoms with van der Waals surface area (Å²) in [7, 11) is 1.76. The molecule has 0 spiro atoms. The van der Waals surface area contributed by atoms with E-state index in [1.54, 1.807) is 13.2 Å². The van der Waals surface area contributed by atoms with Crippen LogP contribution in [0.4, 0.5) is 5.82 Å². The number of amides is 1. The first-order chi connectivity index (χ1) is 11.7. The Balaban J connectivity index is 0.00000312. The molecule has 1 saturated heterocycles. The van der Waals surface area contributed by atoms with Crippen LogP contribution in [0.5, 0.6) is 0 Å². The fourth-order valence-electron chi connectivity index (χ4n) is 2.90. The minimum atomic E-state index is -0.223. The van der Waals surface area contributed by atoms with Crippen molar-refractivity contribution in [1.82, 2.24) is 15.6 Å². The molecule has 2 heterocycles. The number of nitrogens with zero attached hydrogens (tertiary/aromatic N) is 3. The van der Waals surface area contributed by atoms with E-state index in [1.165, 1.54) is 0 Å². The minimum Gasteiger partial charge on any atom is -0.369 e. The molecule has 0 aromatic carbocycles. The number of carbonyl (C=O) groups is 1. The summed E-state index contributed by atoms with van der Waals surface area (Å²) in [6, 6.07) is 3.98. The molecular formula is C17H29IN6O. The fourth-order valence-corrected chi connectivity index (χ4v) is 2.90. The van der Waals surface area contributed by atoms with Gasteiger partial charge >= 0.3 is 0 Å². The van der Waals surface area contributed by atoms with Gasteiger partial charge in [0.1, 0.15) is 5.82 Å². The van der Waals surface area contributed by atoms with Crippen LogP contribution in [0.1, 0.15) is 31.7 Å².